The van der Waals surface area contributed by atoms with E-state index >= 15 is 0 Å². The van der Waals surface area contributed by atoms with Crippen molar-refractivity contribution in [2.75, 3.05) is 38.7 Å². The van der Waals surface area contributed by atoms with Crippen LogP contribution in [-0.4, -0.2) is 54.9 Å². The second kappa shape index (κ2) is 8.55. The fourth-order valence-electron chi connectivity index (χ4n) is 3.09. The maximum atomic E-state index is 10.8. The molecule has 23 heavy (non-hydrogen) atoms. The van der Waals surface area contributed by atoms with E-state index in [-0.39, 0.29) is 0 Å². The molecule has 5 heteroatoms. The molecule has 1 atom stereocenters. The van der Waals surface area contributed by atoms with Crippen molar-refractivity contribution in [3.63, 3.8) is 0 Å². The van der Waals surface area contributed by atoms with Gasteiger partial charge in [0.2, 0.25) is 6.41 Å². The van der Waals surface area contributed by atoms with E-state index in [4.69, 9.17) is 16.3 Å². The lowest BCUT2D eigenvalue weighted by Crippen LogP contribution is -2.46. The lowest BCUT2D eigenvalue weighted by Gasteiger charge is -2.37. The number of ether oxygens (including phenoxy) is 1. The molecular formula is C18H27ClN2O2. The van der Waals surface area contributed by atoms with Gasteiger partial charge in [-0.15, -0.1) is 11.6 Å². The fraction of sp³-hybridized carbons (Fsp3) is 0.611. The highest BCUT2D eigenvalue weighted by molar-refractivity contribution is 6.17. The number of benzene rings is 1. The summed E-state index contributed by atoms with van der Waals surface area (Å²) in [6, 6.07) is 4.60. The van der Waals surface area contributed by atoms with Gasteiger partial charge >= 0.3 is 0 Å². The largest absolute Gasteiger partial charge is 0.493 e. The topological polar surface area (TPSA) is 32.8 Å². The van der Waals surface area contributed by atoms with Crippen molar-refractivity contribution in [1.82, 2.24) is 9.80 Å². The number of alkyl halides is 1. The standard InChI is InChI=1S/C18H27ClN2O2/c1-14-15(2)18(23-12-4-7-19)6-5-17(14)16(3)21-10-8-20(13-22)9-11-21/h5-6,13,16H,4,7-12H2,1-3H3. The van der Waals surface area contributed by atoms with Gasteiger partial charge < -0.3 is 9.64 Å². The minimum absolute atomic E-state index is 0.347. The predicted molar refractivity (Wildman–Crippen MR) is 94.4 cm³/mol. The molecule has 0 saturated carbocycles. The zero-order valence-electron chi connectivity index (χ0n) is 14.3. The molecular weight excluding hydrogens is 312 g/mol. The van der Waals surface area contributed by atoms with Crippen LogP contribution in [0.4, 0.5) is 0 Å². The molecule has 0 bridgehead atoms. The van der Waals surface area contributed by atoms with Gasteiger partial charge in [-0.25, -0.2) is 0 Å². The normalized spacial score (nSPS) is 17.1. The molecule has 1 saturated heterocycles. The molecule has 1 aliphatic heterocycles. The van der Waals surface area contributed by atoms with Crippen LogP contribution in [0.25, 0.3) is 0 Å². The maximum Gasteiger partial charge on any atom is 0.209 e. The molecule has 1 amide bonds. The third-order valence-electron chi connectivity index (χ3n) is 4.81. The molecule has 4 nitrogen and oxygen atoms in total. The van der Waals surface area contributed by atoms with Crippen LogP contribution in [0.5, 0.6) is 5.75 Å². The minimum Gasteiger partial charge on any atom is -0.493 e. The molecule has 2 rings (SSSR count). The van der Waals surface area contributed by atoms with Gasteiger partial charge in [0.1, 0.15) is 5.75 Å². The van der Waals surface area contributed by atoms with Gasteiger partial charge in [-0.2, -0.15) is 0 Å². The first kappa shape index (κ1) is 18.1. The zero-order valence-corrected chi connectivity index (χ0v) is 15.1. The van der Waals surface area contributed by atoms with Crippen molar-refractivity contribution in [2.24, 2.45) is 0 Å². The van der Waals surface area contributed by atoms with Crippen molar-refractivity contribution >= 4 is 18.0 Å². The van der Waals surface area contributed by atoms with Gasteiger partial charge in [0.15, 0.2) is 0 Å². The Labute approximate surface area is 144 Å². The van der Waals surface area contributed by atoms with E-state index < -0.39 is 0 Å². The Morgan fingerprint density at radius 2 is 1.91 bits per heavy atom. The average Bonchev–Trinajstić information content (AvgIpc) is 2.58. The first-order valence-corrected chi connectivity index (χ1v) is 8.84. The lowest BCUT2D eigenvalue weighted by atomic mass is 9.96. The Morgan fingerprint density at radius 1 is 1.22 bits per heavy atom. The number of hydrogen-bond acceptors (Lipinski definition) is 3. The number of amides is 1. The number of nitrogens with zero attached hydrogens (tertiary/aromatic N) is 2. The number of rotatable bonds is 7. The SMILES string of the molecule is Cc1c(OCCCCl)ccc(C(C)N2CCN(C=O)CC2)c1C. The summed E-state index contributed by atoms with van der Waals surface area (Å²) in [5.74, 6) is 1.58. The Hall–Kier alpha value is -1.26. The van der Waals surface area contributed by atoms with E-state index in [0.717, 1.165) is 44.8 Å². The minimum atomic E-state index is 0.347. The average molecular weight is 339 g/mol. The van der Waals surface area contributed by atoms with Gasteiger partial charge in [0, 0.05) is 38.1 Å². The van der Waals surface area contributed by atoms with Crippen LogP contribution in [0.1, 0.15) is 36.1 Å². The second-order valence-corrected chi connectivity index (χ2v) is 6.53. The van der Waals surface area contributed by atoms with Crippen LogP contribution < -0.4 is 4.74 Å². The molecule has 1 heterocycles. The predicted octanol–water partition coefficient (Wildman–Crippen LogP) is 3.15. The molecule has 0 N–H and O–H groups in total. The fourth-order valence-corrected chi connectivity index (χ4v) is 3.20. The van der Waals surface area contributed by atoms with E-state index in [1.54, 1.807) is 0 Å². The summed E-state index contributed by atoms with van der Waals surface area (Å²) in [5, 5.41) is 0. The van der Waals surface area contributed by atoms with Gasteiger partial charge in [-0.05, 0) is 49.9 Å². The van der Waals surface area contributed by atoms with Crippen molar-refractivity contribution < 1.29 is 9.53 Å². The monoisotopic (exact) mass is 338 g/mol. The van der Waals surface area contributed by atoms with Crippen LogP contribution in [0, 0.1) is 13.8 Å². The van der Waals surface area contributed by atoms with Crippen LogP contribution in [0.2, 0.25) is 0 Å². The van der Waals surface area contributed by atoms with Crippen LogP contribution in [0.15, 0.2) is 12.1 Å². The van der Waals surface area contributed by atoms with Gasteiger partial charge in [-0.1, -0.05) is 6.07 Å². The quantitative estimate of drug-likeness (QED) is 0.435. The van der Waals surface area contributed by atoms with Crippen LogP contribution in [0.3, 0.4) is 0 Å². The smallest absolute Gasteiger partial charge is 0.209 e. The third kappa shape index (κ3) is 4.39. The van der Waals surface area contributed by atoms with E-state index in [1.165, 1.54) is 16.7 Å². The molecule has 1 aromatic rings. The second-order valence-electron chi connectivity index (χ2n) is 6.15. The Bertz CT molecular complexity index is 528. The zero-order chi connectivity index (χ0) is 16.8. The summed E-state index contributed by atoms with van der Waals surface area (Å²) in [6.45, 7) is 10.7. The van der Waals surface area contributed by atoms with E-state index in [0.29, 0.717) is 18.5 Å². The summed E-state index contributed by atoms with van der Waals surface area (Å²) in [5.41, 5.74) is 3.83. The number of carbonyl (C=O) groups is 1. The van der Waals surface area contributed by atoms with Gasteiger partial charge in [0.05, 0.1) is 6.61 Å². The highest BCUT2D eigenvalue weighted by atomic mass is 35.5. The summed E-state index contributed by atoms with van der Waals surface area (Å²) >= 11 is 5.70. The molecule has 0 aliphatic carbocycles. The van der Waals surface area contributed by atoms with Crippen molar-refractivity contribution in [3.05, 3.63) is 28.8 Å². The lowest BCUT2D eigenvalue weighted by molar-refractivity contribution is -0.120. The highest BCUT2D eigenvalue weighted by Crippen LogP contribution is 2.31. The molecule has 1 aliphatic rings. The number of carbonyl (C=O) groups excluding carboxylic acids is 1. The summed E-state index contributed by atoms with van der Waals surface area (Å²) in [7, 11) is 0. The van der Waals surface area contributed by atoms with Crippen LogP contribution in [-0.2, 0) is 4.79 Å². The number of halogens is 1. The molecule has 1 unspecified atom stereocenters. The number of hydrogen-bond donors (Lipinski definition) is 0. The molecule has 1 fully saturated rings. The molecule has 0 spiro atoms. The molecule has 128 valence electrons. The van der Waals surface area contributed by atoms with Crippen LogP contribution >= 0.6 is 11.6 Å². The Balaban J connectivity index is 2.07. The van der Waals surface area contributed by atoms with E-state index in [2.05, 4.69) is 37.8 Å². The summed E-state index contributed by atoms with van der Waals surface area (Å²) < 4.78 is 5.82. The Kier molecular flexibility index (Phi) is 6.72. The van der Waals surface area contributed by atoms with Gasteiger partial charge in [-0.3, -0.25) is 9.69 Å². The first-order chi connectivity index (χ1) is 11.1. The maximum absolute atomic E-state index is 10.8. The van der Waals surface area contributed by atoms with Crippen molar-refractivity contribution in [2.45, 2.75) is 33.2 Å². The highest BCUT2D eigenvalue weighted by Gasteiger charge is 2.23. The molecule has 0 aromatic heterocycles. The Morgan fingerprint density at radius 3 is 2.52 bits per heavy atom. The summed E-state index contributed by atoms with van der Waals surface area (Å²) in [4.78, 5) is 15.1. The van der Waals surface area contributed by atoms with Crippen molar-refractivity contribution in [3.8, 4) is 5.75 Å². The summed E-state index contributed by atoms with van der Waals surface area (Å²) in [6.07, 6.45) is 1.81. The van der Waals surface area contributed by atoms with Crippen molar-refractivity contribution in [1.29, 1.82) is 0 Å². The third-order valence-corrected chi connectivity index (χ3v) is 5.08. The van der Waals surface area contributed by atoms with E-state index in [1.807, 2.05) is 4.90 Å². The van der Waals surface area contributed by atoms with E-state index in [9.17, 15) is 4.79 Å². The molecule has 0 radical (unpaired) electrons. The number of piperazine rings is 1. The van der Waals surface area contributed by atoms with Gasteiger partial charge in [0.25, 0.3) is 0 Å². The molecule has 1 aromatic carbocycles. The first-order valence-electron chi connectivity index (χ1n) is 8.30.